The van der Waals surface area contributed by atoms with Crippen LogP contribution < -0.4 is 0 Å². The van der Waals surface area contributed by atoms with Crippen molar-refractivity contribution < 1.29 is 9.53 Å². The van der Waals surface area contributed by atoms with Gasteiger partial charge in [-0.2, -0.15) is 11.8 Å². The number of carbonyl (C=O) groups excluding carboxylic acids is 1. The number of rotatable bonds is 14. The van der Waals surface area contributed by atoms with E-state index >= 15 is 0 Å². The molecule has 19 heavy (non-hydrogen) atoms. The molecule has 0 saturated heterocycles. The molecule has 0 aliphatic rings. The van der Waals surface area contributed by atoms with Gasteiger partial charge in [-0.3, -0.25) is 4.79 Å². The van der Waals surface area contributed by atoms with E-state index in [0.717, 1.165) is 5.75 Å². The van der Waals surface area contributed by atoms with Crippen LogP contribution in [-0.4, -0.2) is 24.1 Å². The molecule has 114 valence electrons. The predicted octanol–water partition coefficient (Wildman–Crippen LogP) is 5.20. The summed E-state index contributed by atoms with van der Waals surface area (Å²) in [7, 11) is 0. The Hall–Kier alpha value is -0.180. The second kappa shape index (κ2) is 15.9. The molecule has 0 aromatic carbocycles. The molecule has 0 N–H and O–H groups in total. The van der Waals surface area contributed by atoms with Crippen molar-refractivity contribution in [2.45, 2.75) is 78.1 Å². The van der Waals surface area contributed by atoms with Gasteiger partial charge < -0.3 is 4.74 Å². The van der Waals surface area contributed by atoms with Crippen LogP contribution in [0.2, 0.25) is 0 Å². The van der Waals surface area contributed by atoms with Gasteiger partial charge in [0, 0.05) is 0 Å². The number of thioether (sulfide) groups is 1. The SMILES string of the molecule is CCCCCCCCCCCCSCC(=O)OCC. The van der Waals surface area contributed by atoms with Crippen LogP contribution in [0, 0.1) is 0 Å². The van der Waals surface area contributed by atoms with E-state index in [0.29, 0.717) is 12.4 Å². The Morgan fingerprint density at radius 3 is 1.89 bits per heavy atom. The Balaban J connectivity index is 3.01. The number of unbranched alkanes of at least 4 members (excludes halogenated alkanes) is 9. The summed E-state index contributed by atoms with van der Waals surface area (Å²) in [4.78, 5) is 11.1. The van der Waals surface area contributed by atoms with E-state index in [1.165, 1.54) is 64.2 Å². The zero-order valence-electron chi connectivity index (χ0n) is 12.9. The van der Waals surface area contributed by atoms with Crippen LogP contribution in [0.25, 0.3) is 0 Å². The highest BCUT2D eigenvalue weighted by atomic mass is 32.2. The minimum Gasteiger partial charge on any atom is -0.465 e. The Morgan fingerprint density at radius 1 is 0.842 bits per heavy atom. The summed E-state index contributed by atoms with van der Waals surface area (Å²) in [6.07, 6.45) is 13.7. The van der Waals surface area contributed by atoms with Crippen molar-refractivity contribution >= 4 is 17.7 Å². The molecule has 0 bridgehead atoms. The third-order valence-corrected chi connectivity index (χ3v) is 4.18. The van der Waals surface area contributed by atoms with Crippen LogP contribution in [0.4, 0.5) is 0 Å². The quantitative estimate of drug-likeness (QED) is 0.324. The van der Waals surface area contributed by atoms with E-state index in [4.69, 9.17) is 4.74 Å². The van der Waals surface area contributed by atoms with Gasteiger partial charge in [0.1, 0.15) is 0 Å². The first-order chi connectivity index (χ1) is 9.31. The maximum Gasteiger partial charge on any atom is 0.315 e. The first-order valence-corrected chi connectivity index (χ1v) is 9.20. The molecule has 0 rings (SSSR count). The Bertz CT molecular complexity index is 195. The fraction of sp³-hybridized carbons (Fsp3) is 0.938. The van der Waals surface area contributed by atoms with Crippen LogP contribution in [-0.2, 0) is 9.53 Å². The maximum absolute atomic E-state index is 11.1. The van der Waals surface area contributed by atoms with Crippen LogP contribution >= 0.6 is 11.8 Å². The van der Waals surface area contributed by atoms with Crippen molar-refractivity contribution in [2.75, 3.05) is 18.1 Å². The van der Waals surface area contributed by atoms with E-state index in [9.17, 15) is 4.79 Å². The van der Waals surface area contributed by atoms with Crippen molar-refractivity contribution in [1.29, 1.82) is 0 Å². The van der Waals surface area contributed by atoms with E-state index in [1.807, 2.05) is 6.92 Å². The molecule has 0 aromatic rings. The molecule has 0 unspecified atom stereocenters. The molecule has 3 heteroatoms. The molecule has 0 saturated carbocycles. The number of hydrogen-bond acceptors (Lipinski definition) is 3. The molecule has 0 amide bonds. The Morgan fingerprint density at radius 2 is 1.37 bits per heavy atom. The minimum atomic E-state index is -0.0698. The molecular weight excluding hydrogens is 256 g/mol. The van der Waals surface area contributed by atoms with Gasteiger partial charge in [-0.25, -0.2) is 0 Å². The number of esters is 1. The lowest BCUT2D eigenvalue weighted by Gasteiger charge is -2.03. The van der Waals surface area contributed by atoms with Gasteiger partial charge in [0.2, 0.25) is 0 Å². The summed E-state index contributed by atoms with van der Waals surface area (Å²) >= 11 is 1.70. The zero-order chi connectivity index (χ0) is 14.2. The van der Waals surface area contributed by atoms with E-state index < -0.39 is 0 Å². The smallest absolute Gasteiger partial charge is 0.315 e. The molecule has 0 heterocycles. The molecule has 2 nitrogen and oxygen atoms in total. The lowest BCUT2D eigenvalue weighted by molar-refractivity contribution is -0.139. The summed E-state index contributed by atoms with van der Waals surface area (Å²) in [5, 5.41) is 0. The standard InChI is InChI=1S/C16H32O2S/c1-3-5-6-7-8-9-10-11-12-13-14-19-15-16(17)18-4-2/h3-15H2,1-2H3. The van der Waals surface area contributed by atoms with Gasteiger partial charge in [0.05, 0.1) is 12.4 Å². The zero-order valence-corrected chi connectivity index (χ0v) is 13.7. The monoisotopic (exact) mass is 288 g/mol. The summed E-state index contributed by atoms with van der Waals surface area (Å²) in [6, 6.07) is 0. The van der Waals surface area contributed by atoms with Crippen molar-refractivity contribution in [3.63, 3.8) is 0 Å². The Kier molecular flexibility index (Phi) is 15.7. The van der Waals surface area contributed by atoms with E-state index in [-0.39, 0.29) is 5.97 Å². The van der Waals surface area contributed by atoms with Crippen LogP contribution in [0.15, 0.2) is 0 Å². The van der Waals surface area contributed by atoms with Gasteiger partial charge in [-0.05, 0) is 19.1 Å². The highest BCUT2D eigenvalue weighted by molar-refractivity contribution is 7.99. The highest BCUT2D eigenvalue weighted by Gasteiger charge is 2.00. The summed E-state index contributed by atoms with van der Waals surface area (Å²) in [5.41, 5.74) is 0. The first-order valence-electron chi connectivity index (χ1n) is 8.04. The summed E-state index contributed by atoms with van der Waals surface area (Å²) in [5.74, 6) is 1.54. The van der Waals surface area contributed by atoms with Crippen molar-refractivity contribution in [2.24, 2.45) is 0 Å². The molecule has 0 aliphatic heterocycles. The fourth-order valence-electron chi connectivity index (χ4n) is 2.05. The first kappa shape index (κ1) is 18.8. The molecule has 0 aliphatic carbocycles. The second-order valence-corrected chi connectivity index (χ2v) is 6.14. The highest BCUT2D eigenvalue weighted by Crippen LogP contribution is 2.12. The molecule has 0 radical (unpaired) electrons. The molecule has 0 spiro atoms. The third kappa shape index (κ3) is 15.8. The third-order valence-electron chi connectivity index (χ3n) is 3.17. The normalized spacial score (nSPS) is 10.6. The van der Waals surface area contributed by atoms with E-state index in [1.54, 1.807) is 11.8 Å². The number of ether oxygens (including phenoxy) is 1. The second-order valence-electron chi connectivity index (χ2n) is 5.04. The van der Waals surface area contributed by atoms with Crippen LogP contribution in [0.5, 0.6) is 0 Å². The molecule has 0 fully saturated rings. The number of carbonyl (C=O) groups is 1. The van der Waals surface area contributed by atoms with Gasteiger partial charge in [0.15, 0.2) is 0 Å². The van der Waals surface area contributed by atoms with Gasteiger partial charge in [0.25, 0.3) is 0 Å². The lowest BCUT2D eigenvalue weighted by atomic mass is 10.1. The number of hydrogen-bond donors (Lipinski definition) is 0. The lowest BCUT2D eigenvalue weighted by Crippen LogP contribution is -2.06. The van der Waals surface area contributed by atoms with Gasteiger partial charge in [-0.15, -0.1) is 0 Å². The van der Waals surface area contributed by atoms with Gasteiger partial charge >= 0.3 is 5.97 Å². The molecule has 0 atom stereocenters. The molecule has 0 aromatic heterocycles. The minimum absolute atomic E-state index is 0.0698. The predicted molar refractivity (Wildman–Crippen MR) is 85.8 cm³/mol. The van der Waals surface area contributed by atoms with Crippen molar-refractivity contribution in [3.8, 4) is 0 Å². The largest absolute Gasteiger partial charge is 0.465 e. The maximum atomic E-state index is 11.1. The van der Waals surface area contributed by atoms with Gasteiger partial charge in [-0.1, -0.05) is 64.7 Å². The van der Waals surface area contributed by atoms with E-state index in [2.05, 4.69) is 6.92 Å². The molecular formula is C16H32O2S. The topological polar surface area (TPSA) is 26.3 Å². The van der Waals surface area contributed by atoms with Crippen molar-refractivity contribution in [1.82, 2.24) is 0 Å². The average molecular weight is 288 g/mol. The Labute approximate surface area is 124 Å². The fourth-order valence-corrected chi connectivity index (χ4v) is 2.85. The van der Waals surface area contributed by atoms with Crippen LogP contribution in [0.3, 0.4) is 0 Å². The van der Waals surface area contributed by atoms with Crippen molar-refractivity contribution in [3.05, 3.63) is 0 Å². The van der Waals surface area contributed by atoms with Crippen LogP contribution in [0.1, 0.15) is 78.1 Å². The summed E-state index contributed by atoms with van der Waals surface area (Å²) < 4.78 is 4.88. The average Bonchev–Trinajstić information content (AvgIpc) is 2.40. The summed E-state index contributed by atoms with van der Waals surface area (Å²) in [6.45, 7) is 4.61.